The molecule has 0 N–H and O–H groups in total. The van der Waals surface area contributed by atoms with Gasteiger partial charge in [-0.2, -0.15) is 11.8 Å². The number of hydrogen-bond acceptors (Lipinski definition) is 5. The minimum atomic E-state index is -0.442. The minimum Gasteiger partial charge on any atom is -0.347 e. The van der Waals surface area contributed by atoms with Gasteiger partial charge in [-0.05, 0) is 18.4 Å². The molecule has 3 heterocycles. The highest BCUT2D eigenvalue weighted by atomic mass is 32.2. The summed E-state index contributed by atoms with van der Waals surface area (Å²) in [6.45, 7) is 3.03. The number of hydrogen-bond donors (Lipinski definition) is 0. The standard InChI is InChI=1S/C18H23N3O3S/c1-25-13-16-19-14-4-2-3-5-15(14)21(16)12-17(22)20-8-6-18(7-9-20)23-10-11-24-18/h2-5H,6-13H2,1H3. The fourth-order valence-corrected chi connectivity index (χ4v) is 4.14. The van der Waals surface area contributed by atoms with E-state index < -0.39 is 5.79 Å². The number of carbonyl (C=O) groups is 1. The first-order valence-electron chi connectivity index (χ1n) is 8.69. The molecule has 25 heavy (non-hydrogen) atoms. The molecule has 1 aromatic heterocycles. The van der Waals surface area contributed by atoms with Gasteiger partial charge in [-0.15, -0.1) is 0 Å². The van der Waals surface area contributed by atoms with Gasteiger partial charge in [0.25, 0.3) is 0 Å². The molecule has 2 aromatic rings. The van der Waals surface area contributed by atoms with Crippen LogP contribution in [-0.4, -0.2) is 58.7 Å². The number of likely N-dealkylation sites (tertiary alicyclic amines) is 1. The Morgan fingerprint density at radius 2 is 1.96 bits per heavy atom. The van der Waals surface area contributed by atoms with Gasteiger partial charge in [-0.1, -0.05) is 12.1 Å². The molecular weight excluding hydrogens is 338 g/mol. The third kappa shape index (κ3) is 3.28. The van der Waals surface area contributed by atoms with E-state index in [1.807, 2.05) is 29.2 Å². The Morgan fingerprint density at radius 3 is 2.68 bits per heavy atom. The summed E-state index contributed by atoms with van der Waals surface area (Å²) in [6.07, 6.45) is 3.55. The van der Waals surface area contributed by atoms with Crippen LogP contribution < -0.4 is 0 Å². The van der Waals surface area contributed by atoms with Crippen LogP contribution in [0, 0.1) is 0 Å². The zero-order valence-electron chi connectivity index (χ0n) is 14.4. The number of rotatable bonds is 4. The van der Waals surface area contributed by atoms with Crippen LogP contribution in [0.5, 0.6) is 0 Å². The number of amides is 1. The van der Waals surface area contributed by atoms with Crippen molar-refractivity contribution in [2.45, 2.75) is 30.9 Å². The topological polar surface area (TPSA) is 56.6 Å². The Labute approximate surface area is 151 Å². The average Bonchev–Trinajstić information content (AvgIpc) is 3.22. The second-order valence-electron chi connectivity index (χ2n) is 6.52. The molecule has 2 aliphatic rings. The summed E-state index contributed by atoms with van der Waals surface area (Å²) in [4.78, 5) is 19.5. The second-order valence-corrected chi connectivity index (χ2v) is 7.39. The number of imidazole rings is 1. The first-order chi connectivity index (χ1) is 12.2. The molecule has 0 bridgehead atoms. The number of carbonyl (C=O) groups excluding carboxylic acids is 1. The van der Waals surface area contributed by atoms with Gasteiger partial charge in [0.2, 0.25) is 5.91 Å². The normalized spacial score (nSPS) is 19.8. The molecule has 134 valence electrons. The summed E-state index contributed by atoms with van der Waals surface area (Å²) in [7, 11) is 0. The number of benzene rings is 1. The van der Waals surface area contributed by atoms with Gasteiger partial charge in [0.15, 0.2) is 5.79 Å². The number of ether oxygens (including phenoxy) is 2. The monoisotopic (exact) mass is 361 g/mol. The average molecular weight is 361 g/mol. The smallest absolute Gasteiger partial charge is 0.242 e. The highest BCUT2D eigenvalue weighted by molar-refractivity contribution is 7.97. The van der Waals surface area contributed by atoms with Gasteiger partial charge in [0.1, 0.15) is 12.4 Å². The number of piperidine rings is 1. The number of nitrogens with zero attached hydrogens (tertiary/aromatic N) is 3. The maximum atomic E-state index is 12.9. The Kier molecular flexibility index (Phi) is 4.71. The van der Waals surface area contributed by atoms with Crippen LogP contribution in [0.25, 0.3) is 11.0 Å². The summed E-state index contributed by atoms with van der Waals surface area (Å²) < 4.78 is 13.5. The maximum Gasteiger partial charge on any atom is 0.242 e. The Hall–Kier alpha value is -1.57. The molecule has 2 fully saturated rings. The highest BCUT2D eigenvalue weighted by Crippen LogP contribution is 2.31. The number of thioether (sulfide) groups is 1. The summed E-state index contributed by atoms with van der Waals surface area (Å²) in [5.41, 5.74) is 1.97. The van der Waals surface area contributed by atoms with Crippen LogP contribution in [0.15, 0.2) is 24.3 Å². The lowest BCUT2D eigenvalue weighted by atomic mass is 10.0. The largest absolute Gasteiger partial charge is 0.347 e. The van der Waals surface area contributed by atoms with Crippen LogP contribution >= 0.6 is 11.8 Å². The van der Waals surface area contributed by atoms with E-state index in [1.54, 1.807) is 11.8 Å². The van der Waals surface area contributed by atoms with Crippen molar-refractivity contribution in [2.75, 3.05) is 32.6 Å². The number of para-hydroxylation sites is 2. The van der Waals surface area contributed by atoms with Crippen molar-refractivity contribution in [1.82, 2.24) is 14.5 Å². The molecule has 7 heteroatoms. The lowest BCUT2D eigenvalue weighted by Gasteiger charge is -2.37. The predicted molar refractivity (Wildman–Crippen MR) is 97.4 cm³/mol. The molecule has 0 saturated carbocycles. The van der Waals surface area contributed by atoms with Gasteiger partial charge in [0, 0.05) is 25.9 Å². The molecule has 4 rings (SSSR count). The van der Waals surface area contributed by atoms with Gasteiger partial charge >= 0.3 is 0 Å². The lowest BCUT2D eigenvalue weighted by Crippen LogP contribution is -2.48. The molecule has 0 radical (unpaired) electrons. The zero-order valence-corrected chi connectivity index (χ0v) is 15.3. The Balaban J connectivity index is 1.49. The van der Waals surface area contributed by atoms with Crippen molar-refractivity contribution < 1.29 is 14.3 Å². The van der Waals surface area contributed by atoms with Crippen molar-refractivity contribution in [3.8, 4) is 0 Å². The van der Waals surface area contributed by atoms with E-state index in [1.165, 1.54) is 0 Å². The molecular formula is C18H23N3O3S. The second kappa shape index (κ2) is 6.97. The molecule has 1 aromatic carbocycles. The van der Waals surface area contributed by atoms with E-state index >= 15 is 0 Å². The fraction of sp³-hybridized carbons (Fsp3) is 0.556. The molecule has 2 aliphatic heterocycles. The fourth-order valence-electron chi connectivity index (χ4n) is 3.66. The molecule has 1 amide bonds. The van der Waals surface area contributed by atoms with Crippen LogP contribution in [0.3, 0.4) is 0 Å². The van der Waals surface area contributed by atoms with Crippen LogP contribution in [-0.2, 0) is 26.6 Å². The molecule has 0 aliphatic carbocycles. The lowest BCUT2D eigenvalue weighted by molar-refractivity contribution is -0.187. The van der Waals surface area contributed by atoms with Crippen molar-refractivity contribution in [3.05, 3.63) is 30.1 Å². The van der Waals surface area contributed by atoms with Gasteiger partial charge < -0.3 is 18.9 Å². The Morgan fingerprint density at radius 1 is 1.24 bits per heavy atom. The number of fused-ring (bicyclic) bond motifs is 1. The van der Waals surface area contributed by atoms with Gasteiger partial charge in [-0.3, -0.25) is 4.79 Å². The summed E-state index contributed by atoms with van der Waals surface area (Å²) in [6, 6.07) is 8.01. The molecule has 0 atom stereocenters. The third-order valence-electron chi connectivity index (χ3n) is 4.99. The van der Waals surface area contributed by atoms with E-state index in [4.69, 9.17) is 9.47 Å². The van der Waals surface area contributed by atoms with Gasteiger partial charge in [-0.25, -0.2) is 4.98 Å². The van der Waals surface area contributed by atoms with E-state index in [9.17, 15) is 4.79 Å². The van der Waals surface area contributed by atoms with Gasteiger partial charge in [0.05, 0.1) is 30.0 Å². The minimum absolute atomic E-state index is 0.137. The van der Waals surface area contributed by atoms with E-state index in [0.29, 0.717) is 32.8 Å². The zero-order chi connectivity index (χ0) is 17.3. The first-order valence-corrected chi connectivity index (χ1v) is 10.1. The molecule has 6 nitrogen and oxygen atoms in total. The van der Waals surface area contributed by atoms with Crippen molar-refractivity contribution in [1.29, 1.82) is 0 Å². The predicted octanol–water partition coefficient (Wildman–Crippen LogP) is 2.26. The molecule has 1 spiro atoms. The first kappa shape index (κ1) is 16.9. The quantitative estimate of drug-likeness (QED) is 0.836. The van der Waals surface area contributed by atoms with E-state index in [-0.39, 0.29) is 5.91 Å². The SMILES string of the molecule is CSCc1nc2ccccc2n1CC(=O)N1CCC2(CC1)OCCO2. The Bertz CT molecular complexity index is 760. The van der Waals surface area contributed by atoms with Crippen LogP contribution in [0.1, 0.15) is 18.7 Å². The van der Waals surface area contributed by atoms with Crippen molar-refractivity contribution >= 4 is 28.7 Å². The van der Waals surface area contributed by atoms with Crippen LogP contribution in [0.2, 0.25) is 0 Å². The van der Waals surface area contributed by atoms with Crippen molar-refractivity contribution in [3.63, 3.8) is 0 Å². The third-order valence-corrected chi connectivity index (χ3v) is 5.54. The highest BCUT2D eigenvalue weighted by Gasteiger charge is 2.40. The maximum absolute atomic E-state index is 12.9. The summed E-state index contributed by atoms with van der Waals surface area (Å²) in [5.74, 6) is 1.45. The summed E-state index contributed by atoms with van der Waals surface area (Å²) >= 11 is 1.72. The van der Waals surface area contributed by atoms with E-state index in [0.717, 1.165) is 35.5 Å². The van der Waals surface area contributed by atoms with Crippen molar-refractivity contribution in [2.24, 2.45) is 0 Å². The molecule has 2 saturated heterocycles. The summed E-state index contributed by atoms with van der Waals surface area (Å²) in [5, 5.41) is 0. The number of aromatic nitrogens is 2. The van der Waals surface area contributed by atoms with E-state index in [2.05, 4.69) is 15.8 Å². The van der Waals surface area contributed by atoms with Crippen LogP contribution in [0.4, 0.5) is 0 Å². The molecule has 0 unspecified atom stereocenters.